The van der Waals surface area contributed by atoms with Gasteiger partial charge in [-0.3, -0.25) is 4.79 Å². The Morgan fingerprint density at radius 1 is 0.681 bits per heavy atom. The Kier molecular flexibility index (Phi) is 9.93. The van der Waals surface area contributed by atoms with E-state index in [1.54, 1.807) is 0 Å². The van der Waals surface area contributed by atoms with Crippen LogP contribution in [0.4, 0.5) is 0 Å². The van der Waals surface area contributed by atoms with E-state index >= 15 is 0 Å². The van der Waals surface area contributed by atoms with E-state index in [-0.39, 0.29) is 17.6 Å². The van der Waals surface area contributed by atoms with Gasteiger partial charge < -0.3 is 25.0 Å². The minimum absolute atomic E-state index is 0.0541. The molecule has 47 heavy (non-hydrogen) atoms. The van der Waals surface area contributed by atoms with Gasteiger partial charge in [-0.25, -0.2) is 0 Å². The molecule has 0 amide bonds. The van der Waals surface area contributed by atoms with Crippen LogP contribution in [0, 0.1) is 55.4 Å². The van der Waals surface area contributed by atoms with E-state index in [4.69, 9.17) is 0 Å². The first-order valence-electron chi connectivity index (χ1n) is 17.3. The molecule has 5 rings (SSSR count). The van der Waals surface area contributed by atoms with Gasteiger partial charge in [0.2, 0.25) is 0 Å². The normalized spacial score (nSPS) is 13.7. The van der Waals surface area contributed by atoms with Gasteiger partial charge in [0.15, 0.2) is 5.78 Å². The van der Waals surface area contributed by atoms with Crippen LogP contribution in [0.2, 0.25) is 0 Å². The monoisotopic (exact) mass is 634 g/mol. The lowest BCUT2D eigenvalue weighted by Gasteiger charge is -2.19. The van der Waals surface area contributed by atoms with E-state index in [9.17, 15) is 9.90 Å². The molecule has 6 heteroatoms. The number of rotatable bonds is 12. The highest BCUT2D eigenvalue weighted by Crippen LogP contribution is 2.40. The SMILES string of the molecule is CCc1c(C)[nH]c(C(CC)c2[nH]c(C)c(C(=O)CCc3c(C)[nH]c(C(c4ccccc4)c4[nH]c(C)c(C(C)O)c4C)c3C)c2C)c1C. The summed E-state index contributed by atoms with van der Waals surface area (Å²) in [4.78, 5) is 28.7. The van der Waals surface area contributed by atoms with Crippen LogP contribution in [0.3, 0.4) is 0 Å². The third-order valence-electron chi connectivity index (χ3n) is 10.7. The number of benzene rings is 1. The minimum Gasteiger partial charge on any atom is -0.389 e. The Labute approximate surface area is 280 Å². The van der Waals surface area contributed by atoms with Gasteiger partial charge in [-0.05, 0) is 121 Å². The summed E-state index contributed by atoms with van der Waals surface area (Å²) in [5.41, 5.74) is 19.2. The number of Topliss-reactive ketones (excluding diaryl/α,β-unsaturated/α-hetero) is 1. The van der Waals surface area contributed by atoms with Gasteiger partial charge in [0.05, 0.1) is 12.0 Å². The molecule has 0 fully saturated rings. The Hall–Kier alpha value is -4.03. The van der Waals surface area contributed by atoms with E-state index in [0.29, 0.717) is 12.8 Å². The van der Waals surface area contributed by atoms with Gasteiger partial charge >= 0.3 is 0 Å². The van der Waals surface area contributed by atoms with Crippen molar-refractivity contribution in [2.24, 2.45) is 0 Å². The van der Waals surface area contributed by atoms with Crippen LogP contribution in [-0.2, 0) is 12.8 Å². The number of hydrogen-bond acceptors (Lipinski definition) is 2. The fourth-order valence-corrected chi connectivity index (χ4v) is 8.46. The molecular formula is C41H54N4O2. The van der Waals surface area contributed by atoms with Crippen LogP contribution in [0.25, 0.3) is 0 Å². The summed E-state index contributed by atoms with van der Waals surface area (Å²) in [5, 5.41) is 10.6. The van der Waals surface area contributed by atoms with E-state index in [1.165, 1.54) is 39.2 Å². The van der Waals surface area contributed by atoms with E-state index in [0.717, 1.165) is 69.3 Å². The molecule has 0 aliphatic rings. The summed E-state index contributed by atoms with van der Waals surface area (Å²) >= 11 is 0. The summed E-state index contributed by atoms with van der Waals surface area (Å²) in [6.07, 6.45) is 2.52. The average molecular weight is 635 g/mol. The van der Waals surface area contributed by atoms with Crippen molar-refractivity contribution in [1.29, 1.82) is 0 Å². The Balaban J connectivity index is 1.46. The van der Waals surface area contributed by atoms with Gasteiger partial charge in [-0.1, -0.05) is 44.2 Å². The smallest absolute Gasteiger partial charge is 0.165 e. The van der Waals surface area contributed by atoms with Crippen LogP contribution in [0.5, 0.6) is 0 Å². The Morgan fingerprint density at radius 2 is 1.21 bits per heavy atom. The van der Waals surface area contributed by atoms with Gasteiger partial charge in [-0.15, -0.1) is 0 Å². The van der Waals surface area contributed by atoms with E-state index < -0.39 is 6.10 Å². The number of aromatic nitrogens is 4. The fourth-order valence-electron chi connectivity index (χ4n) is 8.46. The molecule has 0 spiro atoms. The maximum absolute atomic E-state index is 14.0. The number of H-pyrrole nitrogens is 4. The van der Waals surface area contributed by atoms with Gasteiger partial charge in [0.1, 0.15) is 0 Å². The molecule has 3 unspecified atom stereocenters. The van der Waals surface area contributed by atoms with Crippen LogP contribution >= 0.6 is 0 Å². The summed E-state index contributed by atoms with van der Waals surface area (Å²) < 4.78 is 0. The van der Waals surface area contributed by atoms with Crippen molar-refractivity contribution in [3.8, 4) is 0 Å². The maximum atomic E-state index is 14.0. The number of aliphatic hydroxyl groups is 1. The van der Waals surface area contributed by atoms with Crippen molar-refractivity contribution in [2.45, 2.75) is 120 Å². The average Bonchev–Trinajstić information content (AvgIpc) is 3.69. The van der Waals surface area contributed by atoms with Gasteiger partial charge in [0, 0.05) is 69.0 Å². The molecule has 0 bridgehead atoms. The Morgan fingerprint density at radius 3 is 1.79 bits per heavy atom. The molecule has 0 saturated carbocycles. The zero-order chi connectivity index (χ0) is 34.3. The van der Waals surface area contributed by atoms with Crippen molar-refractivity contribution in [3.63, 3.8) is 0 Å². The second kappa shape index (κ2) is 13.6. The van der Waals surface area contributed by atoms with Crippen LogP contribution in [-0.4, -0.2) is 30.8 Å². The largest absolute Gasteiger partial charge is 0.389 e. The van der Waals surface area contributed by atoms with E-state index in [1.807, 2.05) is 26.8 Å². The van der Waals surface area contributed by atoms with Crippen molar-refractivity contribution >= 4 is 5.78 Å². The lowest BCUT2D eigenvalue weighted by atomic mass is 9.87. The van der Waals surface area contributed by atoms with Crippen LogP contribution in [0.15, 0.2) is 30.3 Å². The predicted octanol–water partition coefficient (Wildman–Crippen LogP) is 9.62. The topological polar surface area (TPSA) is 100 Å². The quantitative estimate of drug-likeness (QED) is 0.0883. The zero-order valence-corrected chi connectivity index (χ0v) is 30.3. The number of carbonyl (C=O) groups is 1. The summed E-state index contributed by atoms with van der Waals surface area (Å²) in [6.45, 7) is 23.2. The first kappa shape index (κ1) is 34.3. The highest BCUT2D eigenvalue weighted by molar-refractivity contribution is 5.99. The molecule has 0 saturated heterocycles. The lowest BCUT2D eigenvalue weighted by molar-refractivity contribution is 0.0981. The first-order chi connectivity index (χ1) is 22.3. The number of hydrogen-bond donors (Lipinski definition) is 5. The molecule has 5 N–H and O–H groups in total. The second-order valence-corrected chi connectivity index (χ2v) is 13.7. The standard InChI is InChI=1S/C41H54N4O2/c1-12-31-21(3)38(42-25(31)7)32(13-2)39-24(6)36(28(10)44-39)34(47)20-19-33-22(4)40(43-26(33)8)37(30-17-15-14-16-18-30)41-23(5)35(29(11)46)27(9)45-41/h14-18,29,32,37,42-46H,12-13,19-20H2,1-11H3. The van der Waals surface area contributed by atoms with E-state index in [2.05, 4.69) is 99.6 Å². The number of nitrogens with one attached hydrogen (secondary N) is 4. The maximum Gasteiger partial charge on any atom is 0.165 e. The number of ketones is 1. The molecule has 4 heterocycles. The number of aromatic amines is 4. The third-order valence-corrected chi connectivity index (χ3v) is 10.7. The molecule has 1 aromatic carbocycles. The van der Waals surface area contributed by atoms with Gasteiger partial charge in [0.25, 0.3) is 0 Å². The second-order valence-electron chi connectivity index (χ2n) is 13.7. The van der Waals surface area contributed by atoms with Gasteiger partial charge in [-0.2, -0.15) is 0 Å². The molecule has 3 atom stereocenters. The summed E-state index contributed by atoms with van der Waals surface area (Å²) in [5.74, 6) is 0.321. The predicted molar refractivity (Wildman–Crippen MR) is 193 cm³/mol. The van der Waals surface area contributed by atoms with Crippen molar-refractivity contribution < 1.29 is 9.90 Å². The molecule has 4 aromatic heterocycles. The molecule has 0 radical (unpaired) electrons. The van der Waals surface area contributed by atoms with Crippen molar-refractivity contribution in [1.82, 2.24) is 19.9 Å². The zero-order valence-electron chi connectivity index (χ0n) is 30.3. The van der Waals surface area contributed by atoms with Crippen molar-refractivity contribution in [2.75, 3.05) is 0 Å². The minimum atomic E-state index is -0.553. The highest BCUT2D eigenvalue weighted by atomic mass is 16.3. The lowest BCUT2D eigenvalue weighted by Crippen LogP contribution is -2.08. The number of aliphatic hydroxyl groups excluding tert-OH is 1. The molecule has 0 aliphatic heterocycles. The number of carbonyl (C=O) groups excluding carboxylic acids is 1. The molecule has 5 aromatic rings. The fraction of sp³-hybridized carbons (Fsp3) is 0.439. The third kappa shape index (κ3) is 6.09. The van der Waals surface area contributed by atoms with Crippen LogP contribution < -0.4 is 0 Å². The van der Waals surface area contributed by atoms with Crippen LogP contribution in [0.1, 0.15) is 152 Å². The van der Waals surface area contributed by atoms with Crippen molar-refractivity contribution in [3.05, 3.63) is 126 Å². The number of aryl methyl sites for hydroxylation is 4. The molecule has 250 valence electrons. The Bertz CT molecular complexity index is 1890. The molecular weight excluding hydrogens is 580 g/mol. The summed E-state index contributed by atoms with van der Waals surface area (Å²) in [6, 6.07) is 10.5. The molecule has 0 aliphatic carbocycles. The molecule has 6 nitrogen and oxygen atoms in total. The highest BCUT2D eigenvalue weighted by Gasteiger charge is 2.30. The first-order valence-corrected chi connectivity index (χ1v) is 17.3. The summed E-state index contributed by atoms with van der Waals surface area (Å²) in [7, 11) is 0.